The number of carbonyl (C=O) groups is 5. The van der Waals surface area contributed by atoms with E-state index >= 15 is 0 Å². The van der Waals surface area contributed by atoms with Gasteiger partial charge in [0.15, 0.2) is 5.65 Å². The Labute approximate surface area is 369 Å². The van der Waals surface area contributed by atoms with Gasteiger partial charge in [-0.3, -0.25) is 34.2 Å². The number of nitrogens with two attached hydrogens (primary N) is 1. The molecule has 17 heteroatoms. The zero-order valence-electron chi connectivity index (χ0n) is 35.0. The number of fused-ring (bicyclic) bond motifs is 2. The Balaban J connectivity index is 0.721. The van der Waals surface area contributed by atoms with Gasteiger partial charge in [0.05, 0.1) is 22.6 Å². The van der Waals surface area contributed by atoms with E-state index in [-0.39, 0.29) is 24.8 Å². The highest BCUT2D eigenvalue weighted by Crippen LogP contribution is 2.37. The van der Waals surface area contributed by atoms with Gasteiger partial charge in [0, 0.05) is 62.6 Å². The number of rotatable bonds is 14. The average molecular weight is 871 g/mol. The van der Waals surface area contributed by atoms with Crippen molar-refractivity contribution in [3.05, 3.63) is 90.3 Å². The van der Waals surface area contributed by atoms with Crippen molar-refractivity contribution in [2.75, 3.05) is 63.8 Å². The third kappa shape index (κ3) is 9.03. The lowest BCUT2D eigenvalue weighted by molar-refractivity contribution is -0.136. The Bertz CT molecular complexity index is 2530. The third-order valence-electron chi connectivity index (χ3n) is 12.4. The molecule has 3 aromatic carbocycles. The normalized spacial score (nSPS) is 19.7. The lowest BCUT2D eigenvalue weighted by Gasteiger charge is -2.35. The Morgan fingerprint density at radius 2 is 1.57 bits per heavy atom. The molecule has 2 atom stereocenters. The maximum absolute atomic E-state index is 13.6. The molecule has 63 heavy (non-hydrogen) atoms. The quantitative estimate of drug-likeness (QED) is 0.0862. The topological polar surface area (TPSA) is 189 Å². The van der Waals surface area contributed by atoms with Gasteiger partial charge in [-0.05, 0) is 99.5 Å². The van der Waals surface area contributed by atoms with Crippen LogP contribution in [-0.4, -0.2) is 133 Å². The number of anilines is 1. The number of nitrogens with zero attached hydrogens (tertiary/aromatic N) is 8. The maximum atomic E-state index is 13.6. The summed E-state index contributed by atoms with van der Waals surface area (Å²) >= 11 is 1.55. The summed E-state index contributed by atoms with van der Waals surface area (Å²) in [6.45, 7) is 6.83. The van der Waals surface area contributed by atoms with E-state index in [9.17, 15) is 24.0 Å². The first kappa shape index (κ1) is 42.1. The van der Waals surface area contributed by atoms with E-state index in [0.717, 1.165) is 98.4 Å². The van der Waals surface area contributed by atoms with Crippen molar-refractivity contribution in [2.24, 2.45) is 0 Å². The molecule has 3 N–H and O–H groups in total. The Kier molecular flexibility index (Phi) is 12.5. The molecule has 4 aliphatic heterocycles. The molecule has 3 fully saturated rings. The number of likely N-dealkylation sites (tertiary alicyclic amines) is 1. The van der Waals surface area contributed by atoms with Gasteiger partial charge in [0.25, 0.3) is 11.8 Å². The zero-order chi connectivity index (χ0) is 43.5. The molecule has 16 nitrogen and oxygen atoms in total. The second-order valence-electron chi connectivity index (χ2n) is 16.4. The largest absolute Gasteiger partial charge is 0.457 e. The number of piperazine rings is 1. The number of imide groups is 2. The molecule has 2 aromatic heterocycles. The number of piperidine rings is 2. The molecule has 0 spiro atoms. The first-order valence-electron chi connectivity index (χ1n) is 21.7. The van der Waals surface area contributed by atoms with E-state index < -0.39 is 29.7 Å². The highest BCUT2D eigenvalue weighted by molar-refractivity contribution is 7.99. The van der Waals surface area contributed by atoms with Gasteiger partial charge in [-0.1, -0.05) is 24.3 Å². The number of benzene rings is 3. The Morgan fingerprint density at radius 1 is 0.825 bits per heavy atom. The molecule has 326 valence electrons. The summed E-state index contributed by atoms with van der Waals surface area (Å²) < 4.78 is 7.93. The molecule has 0 saturated carbocycles. The van der Waals surface area contributed by atoms with Crippen molar-refractivity contribution < 1.29 is 28.7 Å². The zero-order valence-corrected chi connectivity index (χ0v) is 35.8. The van der Waals surface area contributed by atoms with Gasteiger partial charge in [-0.15, -0.1) is 11.8 Å². The highest BCUT2D eigenvalue weighted by atomic mass is 32.2. The van der Waals surface area contributed by atoms with Gasteiger partial charge in [-0.25, -0.2) is 14.6 Å². The highest BCUT2D eigenvalue weighted by Gasteiger charge is 2.45. The van der Waals surface area contributed by atoms with Crippen LogP contribution in [0.5, 0.6) is 11.5 Å². The van der Waals surface area contributed by atoms with Crippen LogP contribution >= 0.6 is 11.8 Å². The average Bonchev–Trinajstić information content (AvgIpc) is 3.82. The van der Waals surface area contributed by atoms with Crippen molar-refractivity contribution in [2.45, 2.75) is 61.9 Å². The first-order valence-corrected chi connectivity index (χ1v) is 22.7. The summed E-state index contributed by atoms with van der Waals surface area (Å²) in [4.78, 5) is 81.8. The van der Waals surface area contributed by atoms with Crippen LogP contribution in [0.4, 0.5) is 5.82 Å². The summed E-state index contributed by atoms with van der Waals surface area (Å²) in [6.07, 6.45) is 5.62. The van der Waals surface area contributed by atoms with Crippen LogP contribution in [0.1, 0.15) is 71.7 Å². The minimum Gasteiger partial charge on any atom is -0.457 e. The van der Waals surface area contributed by atoms with Crippen LogP contribution in [0.25, 0.3) is 22.3 Å². The van der Waals surface area contributed by atoms with Crippen molar-refractivity contribution in [1.29, 1.82) is 0 Å². The number of carbonyl (C=O) groups excluding carboxylic acids is 5. The minimum atomic E-state index is -0.978. The van der Waals surface area contributed by atoms with Gasteiger partial charge in [0.1, 0.15) is 35.4 Å². The van der Waals surface area contributed by atoms with Crippen molar-refractivity contribution in [3.8, 4) is 22.8 Å². The molecule has 4 aliphatic rings. The van der Waals surface area contributed by atoms with Crippen LogP contribution in [0.15, 0.2) is 84.0 Å². The number of hydrogen-bond acceptors (Lipinski definition) is 13. The van der Waals surface area contributed by atoms with Crippen LogP contribution in [0.3, 0.4) is 0 Å². The summed E-state index contributed by atoms with van der Waals surface area (Å²) in [6, 6.07) is 21.6. The monoisotopic (exact) mass is 870 g/mol. The van der Waals surface area contributed by atoms with Crippen molar-refractivity contribution in [3.63, 3.8) is 0 Å². The fourth-order valence-corrected chi connectivity index (χ4v) is 10.1. The molecule has 5 amide bonds. The van der Waals surface area contributed by atoms with E-state index in [1.807, 2.05) is 70.2 Å². The fraction of sp³-hybridized carbons (Fsp3) is 0.391. The van der Waals surface area contributed by atoms with Crippen molar-refractivity contribution >= 4 is 58.1 Å². The molecule has 1 unspecified atom stereocenters. The number of nitrogens with one attached hydrogen (secondary N) is 1. The SMILES string of the molecule is Nc1ncnc2c1c(-c1ccc(Oc3ccccc3)cc1)nn2[C@@H]1CCCN(C(=O)CCCN2CCN(CCCSc3cccc4c3C(=O)N(C3CCC(=O)NC3=O)C4=O)CC2)C1. The van der Waals surface area contributed by atoms with Crippen LogP contribution in [0.2, 0.25) is 0 Å². The second kappa shape index (κ2) is 18.7. The summed E-state index contributed by atoms with van der Waals surface area (Å²) in [7, 11) is 0. The summed E-state index contributed by atoms with van der Waals surface area (Å²) in [5.41, 5.74) is 9.31. The lowest BCUT2D eigenvalue weighted by atomic mass is 10.0. The predicted molar refractivity (Wildman–Crippen MR) is 237 cm³/mol. The Hall–Kier alpha value is -6.17. The summed E-state index contributed by atoms with van der Waals surface area (Å²) in [5, 5.41) is 8.00. The molecule has 0 aliphatic carbocycles. The molecular weight excluding hydrogens is 821 g/mol. The van der Waals surface area contributed by atoms with E-state index in [1.54, 1.807) is 23.9 Å². The number of aromatic nitrogens is 4. The van der Waals surface area contributed by atoms with Crippen LogP contribution in [0, 0.1) is 0 Å². The van der Waals surface area contributed by atoms with Gasteiger partial charge in [-0.2, -0.15) is 5.10 Å². The standard InChI is InChI=1S/C46H50N10O6S/c47-42-40-41(30-14-16-33(17-15-30)62-32-9-2-1-3-10-32)51-56(43(40)49-29-48-42)31-8-5-22-54(28-31)38(58)13-6-20-52-23-25-53(26-24-52)21-7-27-63-36-12-4-11-34-39(36)46(61)55(45(34)60)35-18-19-37(57)50-44(35)59/h1-4,9-12,14-17,29,31,35H,5-8,13,18-28H2,(H2,47,48,49)(H,50,57,59)/t31-,35?/m1/s1. The molecule has 5 aromatic rings. The van der Waals surface area contributed by atoms with E-state index in [2.05, 4.69) is 25.1 Å². The number of thioether (sulfide) groups is 1. The van der Waals surface area contributed by atoms with Gasteiger partial charge < -0.3 is 25.2 Å². The Morgan fingerprint density at radius 3 is 2.33 bits per heavy atom. The van der Waals surface area contributed by atoms with Crippen molar-refractivity contribution in [1.82, 2.24) is 44.7 Å². The lowest BCUT2D eigenvalue weighted by Crippen LogP contribution is -2.54. The smallest absolute Gasteiger partial charge is 0.263 e. The van der Waals surface area contributed by atoms with E-state index in [4.69, 9.17) is 15.6 Å². The fourth-order valence-electron chi connectivity index (χ4n) is 9.06. The molecular formula is C46H50N10O6S. The number of amides is 5. The number of ether oxygens (including phenoxy) is 1. The van der Waals surface area contributed by atoms with Gasteiger partial charge >= 0.3 is 0 Å². The van der Waals surface area contributed by atoms with E-state index in [1.165, 1.54) is 6.33 Å². The molecule has 9 rings (SSSR count). The molecule has 0 bridgehead atoms. The predicted octanol–water partition coefficient (Wildman–Crippen LogP) is 5.01. The van der Waals surface area contributed by atoms with E-state index in [0.29, 0.717) is 52.4 Å². The summed E-state index contributed by atoms with van der Waals surface area (Å²) in [5.74, 6) is 0.801. The van der Waals surface area contributed by atoms with Crippen LogP contribution in [-0.2, 0) is 14.4 Å². The minimum absolute atomic E-state index is 0.0454. The van der Waals surface area contributed by atoms with Crippen LogP contribution < -0.4 is 15.8 Å². The number of para-hydroxylation sites is 1. The van der Waals surface area contributed by atoms with Gasteiger partial charge in [0.2, 0.25) is 17.7 Å². The molecule has 6 heterocycles. The maximum Gasteiger partial charge on any atom is 0.263 e. The second-order valence-corrected chi connectivity index (χ2v) is 17.6. The molecule has 3 saturated heterocycles. The third-order valence-corrected chi connectivity index (χ3v) is 13.5. The number of nitrogen functional groups attached to an aromatic ring is 1. The number of hydrogen-bond donors (Lipinski definition) is 2. The molecule has 0 radical (unpaired) electrons. The first-order chi connectivity index (χ1) is 30.7.